The van der Waals surface area contributed by atoms with Crippen LogP contribution in [0.3, 0.4) is 0 Å². The minimum absolute atomic E-state index is 0.259. The summed E-state index contributed by atoms with van der Waals surface area (Å²) >= 11 is 0. The largest absolute Gasteiger partial charge is 0.303 e. The van der Waals surface area contributed by atoms with Gasteiger partial charge in [-0.1, -0.05) is 24.6 Å². The number of likely N-dealkylation sites (tertiary alicyclic amines) is 1. The van der Waals surface area contributed by atoms with E-state index >= 15 is 0 Å². The molecule has 2 aliphatic rings. The van der Waals surface area contributed by atoms with E-state index in [-0.39, 0.29) is 5.92 Å². The molecular weight excluding hydrogens is 210 g/mol. The van der Waals surface area contributed by atoms with Gasteiger partial charge in [0.15, 0.2) is 5.78 Å². The predicted octanol–water partition coefficient (Wildman–Crippen LogP) is 2.62. The summed E-state index contributed by atoms with van der Waals surface area (Å²) in [6, 6.07) is 6.39. The van der Waals surface area contributed by atoms with Crippen molar-refractivity contribution >= 4 is 5.78 Å². The molecule has 2 atom stereocenters. The second-order valence-corrected chi connectivity index (χ2v) is 5.35. The number of ketones is 1. The summed E-state index contributed by atoms with van der Waals surface area (Å²) in [5, 5.41) is 0. The topological polar surface area (TPSA) is 20.3 Å². The average Bonchev–Trinajstić information content (AvgIpc) is 2.62. The highest BCUT2D eigenvalue weighted by Crippen LogP contribution is 2.42. The van der Waals surface area contributed by atoms with Crippen LogP contribution in [0.4, 0.5) is 0 Å². The summed E-state index contributed by atoms with van der Waals surface area (Å²) in [5.74, 6) is 1.10. The van der Waals surface area contributed by atoms with E-state index in [4.69, 9.17) is 0 Å². The minimum atomic E-state index is 0.259. The third kappa shape index (κ3) is 1.62. The molecule has 2 heteroatoms. The Morgan fingerprint density at radius 1 is 1.35 bits per heavy atom. The van der Waals surface area contributed by atoms with Gasteiger partial charge in [-0.15, -0.1) is 0 Å². The molecule has 1 fully saturated rings. The van der Waals surface area contributed by atoms with E-state index < -0.39 is 0 Å². The van der Waals surface area contributed by atoms with Crippen LogP contribution in [0.2, 0.25) is 0 Å². The molecule has 1 saturated heterocycles. The summed E-state index contributed by atoms with van der Waals surface area (Å²) in [5.41, 5.74) is 3.49. The molecule has 0 aromatic heterocycles. The van der Waals surface area contributed by atoms with Gasteiger partial charge in [-0.3, -0.25) is 4.79 Å². The monoisotopic (exact) mass is 229 g/mol. The standard InChI is InChI=1S/C15H19NO/c1-3-16-7-6-12-14(9-16)11-5-4-10(2)8-13(11)15(12)17/h4-5,8,12,14H,3,6-7,9H2,1-2H3/t12-,14-/m0/s1. The van der Waals surface area contributed by atoms with Crippen LogP contribution in [-0.4, -0.2) is 30.3 Å². The Kier molecular flexibility index (Phi) is 2.55. The Labute approximate surface area is 103 Å². The summed E-state index contributed by atoms with van der Waals surface area (Å²) < 4.78 is 0. The highest BCUT2D eigenvalue weighted by atomic mass is 16.1. The lowest BCUT2D eigenvalue weighted by molar-refractivity contribution is 0.0846. The third-order valence-electron chi connectivity index (χ3n) is 4.35. The van der Waals surface area contributed by atoms with Crippen LogP contribution in [0.15, 0.2) is 18.2 Å². The van der Waals surface area contributed by atoms with Crippen molar-refractivity contribution in [1.29, 1.82) is 0 Å². The molecule has 0 amide bonds. The number of hydrogen-bond acceptors (Lipinski definition) is 2. The first kappa shape index (κ1) is 11.0. The molecule has 0 radical (unpaired) electrons. The fraction of sp³-hybridized carbons (Fsp3) is 0.533. The molecule has 17 heavy (non-hydrogen) atoms. The zero-order valence-corrected chi connectivity index (χ0v) is 10.6. The Balaban J connectivity index is 2.00. The number of rotatable bonds is 1. The maximum Gasteiger partial charge on any atom is 0.166 e. The van der Waals surface area contributed by atoms with Crippen LogP contribution in [0.25, 0.3) is 0 Å². The Bertz CT molecular complexity index is 466. The second-order valence-electron chi connectivity index (χ2n) is 5.35. The van der Waals surface area contributed by atoms with Crippen molar-refractivity contribution in [3.05, 3.63) is 34.9 Å². The van der Waals surface area contributed by atoms with Crippen LogP contribution in [-0.2, 0) is 0 Å². The minimum Gasteiger partial charge on any atom is -0.303 e. The lowest BCUT2D eigenvalue weighted by Gasteiger charge is -2.33. The molecule has 1 heterocycles. The van der Waals surface area contributed by atoms with Gasteiger partial charge in [-0.25, -0.2) is 0 Å². The van der Waals surface area contributed by atoms with Crippen molar-refractivity contribution in [3.63, 3.8) is 0 Å². The number of likely N-dealkylation sites (N-methyl/N-ethyl adjacent to an activating group) is 1. The molecule has 1 aliphatic carbocycles. The summed E-state index contributed by atoms with van der Waals surface area (Å²) in [6.07, 6.45) is 1.03. The molecule has 3 rings (SSSR count). The number of carbonyl (C=O) groups excluding carboxylic acids is 1. The average molecular weight is 229 g/mol. The van der Waals surface area contributed by atoms with Crippen LogP contribution in [0.5, 0.6) is 0 Å². The summed E-state index contributed by atoms with van der Waals surface area (Å²) in [7, 11) is 0. The van der Waals surface area contributed by atoms with E-state index in [9.17, 15) is 4.79 Å². The van der Waals surface area contributed by atoms with Gasteiger partial charge in [-0.2, -0.15) is 0 Å². The number of benzene rings is 1. The molecule has 0 saturated carbocycles. The number of fused-ring (bicyclic) bond motifs is 3. The quantitative estimate of drug-likeness (QED) is 0.738. The summed E-state index contributed by atoms with van der Waals surface area (Å²) in [6.45, 7) is 7.50. The predicted molar refractivity (Wildman–Crippen MR) is 68.5 cm³/mol. The highest BCUT2D eigenvalue weighted by molar-refractivity contribution is 6.03. The zero-order chi connectivity index (χ0) is 12.0. The van der Waals surface area contributed by atoms with E-state index in [2.05, 4.69) is 36.9 Å². The Morgan fingerprint density at radius 2 is 2.18 bits per heavy atom. The van der Waals surface area contributed by atoms with Gasteiger partial charge in [0.25, 0.3) is 0 Å². The number of hydrogen-bond donors (Lipinski definition) is 0. The van der Waals surface area contributed by atoms with Crippen LogP contribution in [0.1, 0.15) is 40.7 Å². The maximum absolute atomic E-state index is 12.4. The molecule has 0 N–H and O–H groups in total. The fourth-order valence-corrected chi connectivity index (χ4v) is 3.34. The van der Waals surface area contributed by atoms with Crippen LogP contribution < -0.4 is 0 Å². The van der Waals surface area contributed by atoms with E-state index in [1.165, 1.54) is 11.1 Å². The van der Waals surface area contributed by atoms with Gasteiger partial charge in [-0.05, 0) is 38.1 Å². The molecule has 0 spiro atoms. The molecule has 90 valence electrons. The molecular formula is C15H19NO. The van der Waals surface area contributed by atoms with E-state index in [0.717, 1.165) is 31.6 Å². The second kappa shape index (κ2) is 3.95. The first-order chi connectivity index (χ1) is 8.20. The molecule has 1 aliphatic heterocycles. The molecule has 0 bridgehead atoms. The van der Waals surface area contributed by atoms with E-state index in [0.29, 0.717) is 11.7 Å². The normalized spacial score (nSPS) is 28.0. The van der Waals surface area contributed by atoms with E-state index in [1.54, 1.807) is 0 Å². The highest BCUT2D eigenvalue weighted by Gasteiger charge is 2.42. The van der Waals surface area contributed by atoms with Crippen molar-refractivity contribution < 1.29 is 4.79 Å². The van der Waals surface area contributed by atoms with Crippen molar-refractivity contribution in [2.45, 2.75) is 26.2 Å². The smallest absolute Gasteiger partial charge is 0.166 e. The first-order valence-corrected chi connectivity index (χ1v) is 6.58. The molecule has 0 unspecified atom stereocenters. The maximum atomic E-state index is 12.4. The Hall–Kier alpha value is -1.15. The molecule has 1 aromatic carbocycles. The number of Topliss-reactive ketones (excluding diaryl/α,β-unsaturated/α-hetero) is 1. The lowest BCUT2D eigenvalue weighted by Crippen LogP contribution is -2.38. The lowest BCUT2D eigenvalue weighted by atomic mass is 9.85. The van der Waals surface area contributed by atoms with Gasteiger partial charge in [0.2, 0.25) is 0 Å². The van der Waals surface area contributed by atoms with Crippen molar-refractivity contribution in [2.24, 2.45) is 5.92 Å². The van der Waals surface area contributed by atoms with Gasteiger partial charge >= 0.3 is 0 Å². The van der Waals surface area contributed by atoms with Gasteiger partial charge in [0, 0.05) is 23.9 Å². The fourth-order valence-electron chi connectivity index (χ4n) is 3.34. The number of piperidine rings is 1. The number of aryl methyl sites for hydroxylation is 1. The van der Waals surface area contributed by atoms with E-state index in [1.807, 2.05) is 0 Å². The van der Waals surface area contributed by atoms with Gasteiger partial charge < -0.3 is 4.90 Å². The number of nitrogens with zero attached hydrogens (tertiary/aromatic N) is 1. The van der Waals surface area contributed by atoms with Crippen LogP contribution in [0, 0.1) is 12.8 Å². The molecule has 1 aromatic rings. The van der Waals surface area contributed by atoms with Crippen molar-refractivity contribution in [3.8, 4) is 0 Å². The van der Waals surface area contributed by atoms with Gasteiger partial charge in [0.1, 0.15) is 0 Å². The third-order valence-corrected chi connectivity index (χ3v) is 4.35. The number of carbonyl (C=O) groups is 1. The van der Waals surface area contributed by atoms with Crippen LogP contribution >= 0.6 is 0 Å². The summed E-state index contributed by atoms with van der Waals surface area (Å²) in [4.78, 5) is 14.8. The molecule has 2 nitrogen and oxygen atoms in total. The first-order valence-electron chi connectivity index (χ1n) is 6.58. The Morgan fingerprint density at radius 3 is 2.94 bits per heavy atom. The van der Waals surface area contributed by atoms with Crippen molar-refractivity contribution in [1.82, 2.24) is 4.90 Å². The zero-order valence-electron chi connectivity index (χ0n) is 10.6. The van der Waals surface area contributed by atoms with Gasteiger partial charge in [0.05, 0.1) is 0 Å². The van der Waals surface area contributed by atoms with Crippen molar-refractivity contribution in [2.75, 3.05) is 19.6 Å². The SMILES string of the molecule is CCN1CC[C@@H]2C(=O)c3cc(C)ccc3[C@@H]2C1.